The van der Waals surface area contributed by atoms with Gasteiger partial charge in [-0.15, -0.1) is 0 Å². The van der Waals surface area contributed by atoms with E-state index in [-0.39, 0.29) is 17.2 Å². The second kappa shape index (κ2) is 9.47. The molecule has 152 valence electrons. The Bertz CT molecular complexity index is 896. The monoisotopic (exact) mass is 412 g/mol. The molecule has 0 unspecified atom stereocenters. The number of hydrogen-bond acceptors (Lipinski definition) is 5. The Kier molecular flexibility index (Phi) is 7.30. The third kappa shape index (κ3) is 5.64. The van der Waals surface area contributed by atoms with Gasteiger partial charge in [0.2, 0.25) is 0 Å². The maximum atomic E-state index is 13.1. The maximum absolute atomic E-state index is 13.1. The van der Waals surface area contributed by atoms with Crippen molar-refractivity contribution in [1.82, 2.24) is 10.6 Å². The first-order valence-electron chi connectivity index (χ1n) is 8.59. The number of likely N-dealkylation sites (N-methyl/N-ethyl adjacent to an activating group) is 1. The quantitative estimate of drug-likeness (QED) is 0.393. The van der Waals surface area contributed by atoms with Gasteiger partial charge in [-0.05, 0) is 36.4 Å². The fourth-order valence-corrected chi connectivity index (χ4v) is 3.98. The number of sulfone groups is 1. The molecule has 0 aliphatic rings. The van der Waals surface area contributed by atoms with Crippen molar-refractivity contribution < 1.29 is 31.7 Å². The molecule has 1 aromatic heterocycles. The molecule has 0 fully saturated rings. The average Bonchev–Trinajstić information content (AvgIpc) is 3.15. The lowest BCUT2D eigenvalue weighted by molar-refractivity contribution is -0.856. The first kappa shape index (κ1) is 21.6. The molecule has 1 heterocycles. The van der Waals surface area contributed by atoms with Crippen LogP contribution in [0.2, 0.25) is 0 Å². The highest BCUT2D eigenvalue weighted by Gasteiger charge is 2.32. The van der Waals surface area contributed by atoms with Crippen molar-refractivity contribution >= 4 is 21.7 Å². The molecule has 0 radical (unpaired) electrons. The highest BCUT2D eigenvalue weighted by atomic mass is 32.2. The van der Waals surface area contributed by atoms with Crippen LogP contribution in [0.4, 0.5) is 4.39 Å². The van der Waals surface area contributed by atoms with Crippen LogP contribution < -0.4 is 15.5 Å². The normalized spacial score (nSPS) is 12.6. The Morgan fingerprint density at radius 1 is 1.11 bits per heavy atom. The van der Waals surface area contributed by atoms with E-state index in [0.717, 1.165) is 29.2 Å². The van der Waals surface area contributed by atoms with Crippen LogP contribution in [0.1, 0.15) is 11.0 Å². The first-order chi connectivity index (χ1) is 13.2. The molecule has 0 aliphatic heterocycles. The zero-order chi connectivity index (χ0) is 20.7. The van der Waals surface area contributed by atoms with Gasteiger partial charge in [-0.25, -0.2) is 12.8 Å². The maximum Gasteiger partial charge on any atom is 0.309 e. The summed E-state index contributed by atoms with van der Waals surface area (Å²) >= 11 is 0. The van der Waals surface area contributed by atoms with Crippen LogP contribution in [-0.4, -0.2) is 54.0 Å². The van der Waals surface area contributed by atoms with E-state index in [4.69, 9.17) is 4.42 Å². The van der Waals surface area contributed by atoms with E-state index < -0.39 is 32.7 Å². The van der Waals surface area contributed by atoms with Crippen molar-refractivity contribution in [1.29, 1.82) is 0 Å². The lowest BCUT2D eigenvalue weighted by atomic mass is 10.3. The Hall–Kier alpha value is -2.72. The van der Waals surface area contributed by atoms with Crippen LogP contribution in [-0.2, 0) is 19.4 Å². The van der Waals surface area contributed by atoms with Gasteiger partial charge in [0.05, 0.1) is 38.3 Å². The molecule has 1 aromatic carbocycles. The van der Waals surface area contributed by atoms with Crippen molar-refractivity contribution in [3.63, 3.8) is 0 Å². The zero-order valence-electron chi connectivity index (χ0n) is 15.6. The van der Waals surface area contributed by atoms with Gasteiger partial charge in [-0.1, -0.05) is 0 Å². The Morgan fingerprint density at radius 2 is 1.75 bits per heavy atom. The highest BCUT2D eigenvalue weighted by Crippen LogP contribution is 2.29. The lowest BCUT2D eigenvalue weighted by Gasteiger charge is -2.16. The number of furan rings is 1. The summed E-state index contributed by atoms with van der Waals surface area (Å²) in [6.45, 7) is 0.565. The average molecular weight is 412 g/mol. The van der Waals surface area contributed by atoms with Crippen LogP contribution in [0.5, 0.6) is 0 Å². The molecule has 0 bridgehead atoms. The second-order valence-electron chi connectivity index (χ2n) is 6.43. The largest absolute Gasteiger partial charge is 0.468 e. The van der Waals surface area contributed by atoms with Crippen molar-refractivity contribution in [3.8, 4) is 0 Å². The number of quaternary nitrogens is 1. The van der Waals surface area contributed by atoms with Gasteiger partial charge < -0.3 is 20.0 Å². The fraction of sp³-hybridized carbons (Fsp3) is 0.333. The summed E-state index contributed by atoms with van der Waals surface area (Å²) in [5, 5.41) is 3.52. The highest BCUT2D eigenvalue weighted by molar-refractivity contribution is 7.91. The van der Waals surface area contributed by atoms with E-state index in [1.807, 2.05) is 14.1 Å². The van der Waals surface area contributed by atoms with Crippen molar-refractivity contribution in [2.45, 2.75) is 10.1 Å². The molecule has 28 heavy (non-hydrogen) atoms. The van der Waals surface area contributed by atoms with Crippen LogP contribution >= 0.6 is 0 Å². The summed E-state index contributed by atoms with van der Waals surface area (Å²) in [5.41, 5.74) is 0. The number of amides is 2. The van der Waals surface area contributed by atoms with Crippen LogP contribution in [0.15, 0.2) is 52.0 Å². The van der Waals surface area contributed by atoms with Crippen LogP contribution in [0.25, 0.3) is 0 Å². The SMILES string of the molecule is C[NH+](C)CCNC(=O)C(=O)NC[C@H](c1ccco1)S(=O)(=O)c1ccc(F)cc1. The smallest absolute Gasteiger partial charge is 0.309 e. The Morgan fingerprint density at radius 3 is 2.32 bits per heavy atom. The molecule has 0 saturated carbocycles. The van der Waals surface area contributed by atoms with E-state index in [0.29, 0.717) is 13.1 Å². The van der Waals surface area contributed by atoms with Gasteiger partial charge >= 0.3 is 11.8 Å². The topological polar surface area (TPSA) is 110 Å². The molecule has 0 saturated heterocycles. The molecule has 3 N–H and O–H groups in total. The van der Waals surface area contributed by atoms with E-state index in [1.165, 1.54) is 18.4 Å². The summed E-state index contributed by atoms with van der Waals surface area (Å²) in [6, 6.07) is 7.31. The summed E-state index contributed by atoms with van der Waals surface area (Å²) < 4.78 is 44.2. The van der Waals surface area contributed by atoms with Crippen LogP contribution in [0.3, 0.4) is 0 Å². The number of benzene rings is 1. The van der Waals surface area contributed by atoms with E-state index in [9.17, 15) is 22.4 Å². The third-order valence-electron chi connectivity index (χ3n) is 3.94. The van der Waals surface area contributed by atoms with Gasteiger partial charge in [0.15, 0.2) is 9.84 Å². The van der Waals surface area contributed by atoms with Crippen molar-refractivity contribution in [3.05, 3.63) is 54.2 Å². The number of hydrogen-bond donors (Lipinski definition) is 3. The molecular weight excluding hydrogens is 389 g/mol. The van der Waals surface area contributed by atoms with Gasteiger partial charge in [-0.2, -0.15) is 0 Å². The number of rotatable bonds is 8. The molecule has 2 aromatic rings. The lowest BCUT2D eigenvalue weighted by Crippen LogP contribution is -3.06. The second-order valence-corrected chi connectivity index (χ2v) is 8.56. The van der Waals surface area contributed by atoms with Gasteiger partial charge in [0, 0.05) is 6.54 Å². The van der Waals surface area contributed by atoms with Gasteiger partial charge in [-0.3, -0.25) is 9.59 Å². The predicted molar refractivity (Wildman–Crippen MR) is 98.7 cm³/mol. The Balaban J connectivity index is 2.11. The first-order valence-corrected chi connectivity index (χ1v) is 10.1. The molecule has 2 amide bonds. The molecule has 0 spiro atoms. The summed E-state index contributed by atoms with van der Waals surface area (Å²) in [5.74, 6) is -2.27. The van der Waals surface area contributed by atoms with E-state index in [1.54, 1.807) is 0 Å². The molecule has 0 aliphatic carbocycles. The number of nitrogens with one attached hydrogen (secondary N) is 3. The summed E-state index contributed by atoms with van der Waals surface area (Å²) in [6.07, 6.45) is 1.31. The number of carbonyl (C=O) groups excluding carboxylic acids is 2. The van der Waals surface area contributed by atoms with Crippen LogP contribution in [0, 0.1) is 5.82 Å². The minimum absolute atomic E-state index is 0.0984. The standard InChI is InChI=1S/C18H22FN3O5S/c1-22(2)10-9-20-17(23)18(24)21-12-16(15-4-3-11-27-15)28(25,26)14-7-5-13(19)6-8-14/h3-8,11,16H,9-10,12H2,1-2H3,(H,20,23)(H,21,24)/p+1/t16-/m1/s1. The fourth-order valence-electron chi connectivity index (χ4n) is 2.40. The zero-order valence-corrected chi connectivity index (χ0v) is 16.4. The molecule has 10 heteroatoms. The van der Waals surface area contributed by atoms with E-state index in [2.05, 4.69) is 10.6 Å². The molecule has 2 rings (SSSR count). The van der Waals surface area contributed by atoms with Crippen molar-refractivity contribution in [2.75, 3.05) is 33.7 Å². The third-order valence-corrected chi connectivity index (χ3v) is 6.02. The minimum atomic E-state index is -4.00. The molecule has 1 atom stereocenters. The van der Waals surface area contributed by atoms with Crippen molar-refractivity contribution in [2.24, 2.45) is 0 Å². The minimum Gasteiger partial charge on any atom is -0.468 e. The van der Waals surface area contributed by atoms with Gasteiger partial charge in [0.1, 0.15) is 16.8 Å². The predicted octanol–water partition coefficient (Wildman–Crippen LogP) is -0.689. The van der Waals surface area contributed by atoms with E-state index >= 15 is 0 Å². The Labute approximate surface area is 162 Å². The summed E-state index contributed by atoms with van der Waals surface area (Å²) in [4.78, 5) is 24.8. The summed E-state index contributed by atoms with van der Waals surface area (Å²) in [7, 11) is -0.194. The number of carbonyl (C=O) groups is 2. The van der Waals surface area contributed by atoms with Gasteiger partial charge in [0.25, 0.3) is 0 Å². The molecule has 8 nitrogen and oxygen atoms in total. The molecular formula is C18H23FN3O5S+. The number of halogens is 1.